The van der Waals surface area contributed by atoms with Gasteiger partial charge in [-0.1, -0.05) is 30.3 Å². The van der Waals surface area contributed by atoms with Crippen LogP contribution in [0.3, 0.4) is 0 Å². The van der Waals surface area contributed by atoms with Crippen LogP contribution in [0.1, 0.15) is 15.9 Å². The molecule has 3 N–H and O–H groups in total. The van der Waals surface area contributed by atoms with Crippen LogP contribution in [0.5, 0.6) is 5.75 Å². The van der Waals surface area contributed by atoms with E-state index in [0.717, 1.165) is 17.7 Å². The fourth-order valence-corrected chi connectivity index (χ4v) is 1.91. The zero-order valence-corrected chi connectivity index (χ0v) is 12.1. The van der Waals surface area contributed by atoms with Crippen LogP contribution in [0.4, 0.5) is 16.2 Å². The Bertz CT molecular complexity index is 790. The van der Waals surface area contributed by atoms with Crippen LogP contribution in [-0.4, -0.2) is 27.2 Å². The number of rotatable bonds is 5. The second-order valence-corrected chi connectivity index (χ2v) is 4.61. The van der Waals surface area contributed by atoms with E-state index in [2.05, 4.69) is 5.32 Å². The topological polar surface area (TPSA) is 139 Å². The average molecular weight is 332 g/mol. The van der Waals surface area contributed by atoms with Crippen molar-refractivity contribution in [1.29, 1.82) is 0 Å². The summed E-state index contributed by atoms with van der Waals surface area (Å²) in [6.07, 6.45) is -0.952. The Morgan fingerprint density at radius 1 is 1.17 bits per heavy atom. The number of carboxylic acids is 1. The van der Waals surface area contributed by atoms with Gasteiger partial charge in [-0.2, -0.15) is 0 Å². The van der Waals surface area contributed by atoms with Gasteiger partial charge in [-0.15, -0.1) is 0 Å². The maximum atomic E-state index is 11.7. The summed E-state index contributed by atoms with van der Waals surface area (Å²) in [5.74, 6) is -2.54. The van der Waals surface area contributed by atoms with Gasteiger partial charge in [0.2, 0.25) is 5.75 Å². The first kappa shape index (κ1) is 16.7. The van der Waals surface area contributed by atoms with E-state index in [4.69, 9.17) is 9.84 Å². The summed E-state index contributed by atoms with van der Waals surface area (Å²) in [5.41, 5.74) is -1.31. The number of nitrogens with zero attached hydrogens (tertiary/aromatic N) is 1. The fourth-order valence-electron chi connectivity index (χ4n) is 1.91. The molecule has 0 aromatic heterocycles. The summed E-state index contributed by atoms with van der Waals surface area (Å²) in [6.45, 7) is -0.0390. The smallest absolute Gasteiger partial charge is 0.412 e. The standard InChI is InChI=1S/C15H12N2O7/c18-13-11(7-6-10(14(19)20)12(13)17(22)23)16-15(21)24-8-9-4-2-1-3-5-9/h1-7,18H,8H2,(H,16,21)(H,19,20). The monoisotopic (exact) mass is 332 g/mol. The van der Waals surface area contributed by atoms with Crippen molar-refractivity contribution in [3.05, 3.63) is 63.7 Å². The Morgan fingerprint density at radius 2 is 1.83 bits per heavy atom. The molecule has 2 rings (SSSR count). The number of carbonyl (C=O) groups is 2. The van der Waals surface area contributed by atoms with Crippen molar-refractivity contribution in [2.45, 2.75) is 6.61 Å². The number of benzene rings is 2. The third-order valence-electron chi connectivity index (χ3n) is 3.01. The van der Waals surface area contributed by atoms with Gasteiger partial charge in [0, 0.05) is 0 Å². The Hall–Kier alpha value is -3.62. The molecule has 2 aromatic carbocycles. The molecular weight excluding hydrogens is 320 g/mol. The lowest BCUT2D eigenvalue weighted by Crippen LogP contribution is -2.14. The number of ether oxygens (including phenoxy) is 1. The van der Waals surface area contributed by atoms with Gasteiger partial charge in [0.25, 0.3) is 0 Å². The number of anilines is 1. The Labute approximate surface area is 135 Å². The van der Waals surface area contributed by atoms with Crippen molar-refractivity contribution in [3.8, 4) is 5.75 Å². The van der Waals surface area contributed by atoms with Gasteiger partial charge < -0.3 is 14.9 Å². The zero-order valence-electron chi connectivity index (χ0n) is 12.1. The molecule has 1 amide bonds. The van der Waals surface area contributed by atoms with E-state index < -0.39 is 34.0 Å². The number of aromatic carboxylic acids is 1. The molecular formula is C15H12N2O7. The number of hydrogen-bond donors (Lipinski definition) is 3. The number of nitro benzene ring substituents is 1. The Morgan fingerprint density at radius 3 is 2.42 bits per heavy atom. The minimum absolute atomic E-state index is 0.0390. The molecule has 9 nitrogen and oxygen atoms in total. The molecule has 0 aliphatic rings. The van der Waals surface area contributed by atoms with Crippen molar-refractivity contribution < 1.29 is 29.5 Å². The van der Waals surface area contributed by atoms with Gasteiger partial charge in [-0.05, 0) is 17.7 Å². The van der Waals surface area contributed by atoms with Crippen molar-refractivity contribution in [1.82, 2.24) is 0 Å². The summed E-state index contributed by atoms with van der Waals surface area (Å²) in [7, 11) is 0. The lowest BCUT2D eigenvalue weighted by Gasteiger charge is -2.09. The van der Waals surface area contributed by atoms with Gasteiger partial charge in [-0.3, -0.25) is 15.4 Å². The summed E-state index contributed by atoms with van der Waals surface area (Å²) in [4.78, 5) is 32.5. The quantitative estimate of drug-likeness (QED) is 0.434. The second kappa shape index (κ2) is 7.09. The highest BCUT2D eigenvalue weighted by atomic mass is 16.6. The predicted molar refractivity (Wildman–Crippen MR) is 82.0 cm³/mol. The highest BCUT2D eigenvalue weighted by molar-refractivity contribution is 5.97. The normalized spacial score (nSPS) is 10.0. The highest BCUT2D eigenvalue weighted by Gasteiger charge is 2.27. The van der Waals surface area contributed by atoms with E-state index in [1.54, 1.807) is 30.3 Å². The van der Waals surface area contributed by atoms with Gasteiger partial charge in [-0.25, -0.2) is 9.59 Å². The third-order valence-corrected chi connectivity index (χ3v) is 3.01. The number of amides is 1. The lowest BCUT2D eigenvalue weighted by atomic mass is 10.1. The van der Waals surface area contributed by atoms with E-state index in [1.807, 2.05) is 0 Å². The minimum Gasteiger partial charge on any atom is -0.501 e. The molecule has 9 heteroatoms. The number of phenolic OH excluding ortho intramolecular Hbond substituents is 1. The van der Waals surface area contributed by atoms with E-state index in [0.29, 0.717) is 0 Å². The van der Waals surface area contributed by atoms with Crippen molar-refractivity contribution >= 4 is 23.4 Å². The van der Waals surface area contributed by atoms with E-state index >= 15 is 0 Å². The predicted octanol–water partition coefficient (Wildman–Crippen LogP) is 2.75. The molecule has 0 atom stereocenters. The van der Waals surface area contributed by atoms with Crippen LogP contribution in [0.25, 0.3) is 0 Å². The van der Waals surface area contributed by atoms with Crippen LogP contribution in [0, 0.1) is 10.1 Å². The third kappa shape index (κ3) is 3.77. The first-order valence-corrected chi connectivity index (χ1v) is 6.61. The molecule has 0 unspecified atom stereocenters. The molecule has 0 fully saturated rings. The second-order valence-electron chi connectivity index (χ2n) is 4.61. The molecule has 0 saturated heterocycles. The summed E-state index contributed by atoms with van der Waals surface area (Å²) >= 11 is 0. The lowest BCUT2D eigenvalue weighted by molar-refractivity contribution is -0.386. The molecule has 0 bridgehead atoms. The van der Waals surface area contributed by atoms with Gasteiger partial charge in [0.15, 0.2) is 0 Å². The first-order valence-electron chi connectivity index (χ1n) is 6.61. The SMILES string of the molecule is O=C(Nc1ccc(C(=O)O)c([N+](=O)[O-])c1O)OCc1ccccc1. The first-order chi connectivity index (χ1) is 11.4. The van der Waals surface area contributed by atoms with Crippen molar-refractivity contribution in [3.63, 3.8) is 0 Å². The van der Waals surface area contributed by atoms with Gasteiger partial charge >= 0.3 is 17.7 Å². The number of hydrogen-bond acceptors (Lipinski definition) is 6. The summed E-state index contributed by atoms with van der Waals surface area (Å²) in [5, 5.41) is 31.8. The number of phenols is 1. The molecule has 24 heavy (non-hydrogen) atoms. The van der Waals surface area contributed by atoms with Crippen LogP contribution in [0.15, 0.2) is 42.5 Å². The van der Waals surface area contributed by atoms with Crippen LogP contribution >= 0.6 is 0 Å². The number of nitrogens with one attached hydrogen (secondary N) is 1. The molecule has 124 valence electrons. The summed E-state index contributed by atoms with van der Waals surface area (Å²) < 4.78 is 4.92. The molecule has 0 saturated carbocycles. The van der Waals surface area contributed by atoms with Crippen molar-refractivity contribution in [2.24, 2.45) is 0 Å². The molecule has 0 radical (unpaired) electrons. The van der Waals surface area contributed by atoms with E-state index in [-0.39, 0.29) is 12.3 Å². The number of nitro groups is 1. The molecule has 0 aliphatic heterocycles. The average Bonchev–Trinajstić information content (AvgIpc) is 2.55. The number of aromatic hydroxyl groups is 1. The zero-order chi connectivity index (χ0) is 17.7. The van der Waals surface area contributed by atoms with E-state index in [9.17, 15) is 24.8 Å². The van der Waals surface area contributed by atoms with Crippen molar-refractivity contribution in [2.75, 3.05) is 5.32 Å². The molecule has 0 aliphatic carbocycles. The number of carbonyl (C=O) groups excluding carboxylic acids is 1. The van der Waals surface area contributed by atoms with E-state index in [1.165, 1.54) is 0 Å². The summed E-state index contributed by atoms with van der Waals surface area (Å²) in [6, 6.07) is 10.7. The minimum atomic E-state index is -1.57. The van der Waals surface area contributed by atoms with Crippen LogP contribution in [-0.2, 0) is 11.3 Å². The number of carboxylic acid groups (broad SMARTS) is 1. The fraction of sp³-hybridized carbons (Fsp3) is 0.0667. The maximum Gasteiger partial charge on any atom is 0.412 e. The van der Waals surface area contributed by atoms with Gasteiger partial charge in [0.1, 0.15) is 12.2 Å². The Balaban J connectivity index is 2.15. The highest BCUT2D eigenvalue weighted by Crippen LogP contribution is 2.37. The largest absolute Gasteiger partial charge is 0.501 e. The van der Waals surface area contributed by atoms with Crippen LogP contribution < -0.4 is 5.32 Å². The molecule has 0 heterocycles. The van der Waals surface area contributed by atoms with Crippen LogP contribution in [0.2, 0.25) is 0 Å². The van der Waals surface area contributed by atoms with Gasteiger partial charge in [0.05, 0.1) is 10.6 Å². The Kier molecular flexibility index (Phi) is 4.95. The molecule has 0 spiro atoms. The molecule has 2 aromatic rings. The maximum absolute atomic E-state index is 11.7.